The van der Waals surface area contributed by atoms with E-state index < -0.39 is 16.1 Å². The number of benzene rings is 1. The maximum Gasteiger partial charge on any atom is 0.294 e. The van der Waals surface area contributed by atoms with Gasteiger partial charge in [0, 0.05) is 9.58 Å². The van der Waals surface area contributed by atoms with E-state index in [1.54, 1.807) is 4.88 Å². The second kappa shape index (κ2) is 8.19. The molecule has 0 radical (unpaired) electrons. The van der Waals surface area contributed by atoms with Crippen LogP contribution in [0.2, 0.25) is 0 Å². The van der Waals surface area contributed by atoms with Gasteiger partial charge in [0.15, 0.2) is 0 Å². The zero-order chi connectivity index (χ0) is 16.9. The molecule has 2 N–H and O–H groups in total. The highest BCUT2D eigenvalue weighted by Crippen LogP contribution is 2.35. The standard InChI is InChI=1S/C15H19NS.CH3FO3S/c1-2-11-3-4-14-13(9-11)10-15(17-14)12-5-7-16-8-6-12;2-1-6(3,4)5/h3-4,9-10,12,16H,2,5-8H2,1H3;1H2,(H,3,4,5). The molecule has 0 atom stereocenters. The zero-order valence-corrected chi connectivity index (χ0v) is 14.7. The monoisotopic (exact) mass is 359 g/mol. The summed E-state index contributed by atoms with van der Waals surface area (Å²) in [6.45, 7) is 4.58. The van der Waals surface area contributed by atoms with Crippen LogP contribution in [0.25, 0.3) is 10.1 Å². The van der Waals surface area contributed by atoms with Crippen LogP contribution >= 0.6 is 11.3 Å². The Morgan fingerprint density at radius 2 is 1.96 bits per heavy atom. The first-order valence-electron chi connectivity index (χ1n) is 7.67. The molecule has 0 amide bonds. The molecule has 4 nitrogen and oxygen atoms in total. The highest BCUT2D eigenvalue weighted by Gasteiger charge is 2.17. The van der Waals surface area contributed by atoms with Gasteiger partial charge in [0.05, 0.1) is 0 Å². The van der Waals surface area contributed by atoms with Gasteiger partial charge in [0.1, 0.15) is 0 Å². The van der Waals surface area contributed by atoms with Gasteiger partial charge in [-0.15, -0.1) is 11.3 Å². The number of hydrogen-bond acceptors (Lipinski definition) is 4. The Morgan fingerprint density at radius 3 is 2.52 bits per heavy atom. The average Bonchev–Trinajstić information content (AvgIpc) is 2.98. The maximum absolute atomic E-state index is 10.7. The summed E-state index contributed by atoms with van der Waals surface area (Å²) >= 11 is 2.00. The molecule has 0 bridgehead atoms. The van der Waals surface area contributed by atoms with Crippen molar-refractivity contribution in [2.75, 3.05) is 19.1 Å². The van der Waals surface area contributed by atoms with Gasteiger partial charge in [-0.05, 0) is 61.4 Å². The Kier molecular flexibility index (Phi) is 6.52. The van der Waals surface area contributed by atoms with Crippen LogP contribution in [0.4, 0.5) is 4.39 Å². The summed E-state index contributed by atoms with van der Waals surface area (Å²) in [6.07, 6.45) is 3.73. The van der Waals surface area contributed by atoms with E-state index in [4.69, 9.17) is 4.55 Å². The molecule has 23 heavy (non-hydrogen) atoms. The molecule has 0 saturated carbocycles. The Balaban J connectivity index is 0.000000277. The summed E-state index contributed by atoms with van der Waals surface area (Å²) < 4.78 is 37.9. The van der Waals surface area contributed by atoms with E-state index in [1.165, 1.54) is 41.6 Å². The van der Waals surface area contributed by atoms with E-state index in [1.807, 2.05) is 11.3 Å². The Labute approximate surface area is 140 Å². The van der Waals surface area contributed by atoms with Gasteiger partial charge in [0.25, 0.3) is 10.1 Å². The minimum atomic E-state index is -4.33. The van der Waals surface area contributed by atoms with E-state index in [-0.39, 0.29) is 0 Å². The molecule has 1 aliphatic rings. The maximum atomic E-state index is 10.7. The van der Waals surface area contributed by atoms with Gasteiger partial charge in [-0.25, -0.2) is 4.39 Å². The first kappa shape index (κ1) is 18.3. The van der Waals surface area contributed by atoms with Crippen LogP contribution in [-0.2, 0) is 16.5 Å². The highest BCUT2D eigenvalue weighted by atomic mass is 32.2. The van der Waals surface area contributed by atoms with Crippen LogP contribution in [0.1, 0.15) is 36.1 Å². The van der Waals surface area contributed by atoms with Crippen LogP contribution in [0, 0.1) is 0 Å². The van der Waals surface area contributed by atoms with Crippen molar-refractivity contribution in [2.24, 2.45) is 0 Å². The van der Waals surface area contributed by atoms with Crippen LogP contribution in [0.3, 0.4) is 0 Å². The van der Waals surface area contributed by atoms with Gasteiger partial charge < -0.3 is 5.32 Å². The molecule has 128 valence electrons. The second-order valence-electron chi connectivity index (χ2n) is 5.59. The fourth-order valence-corrected chi connectivity index (χ4v) is 3.85. The lowest BCUT2D eigenvalue weighted by atomic mass is 9.96. The summed E-state index contributed by atoms with van der Waals surface area (Å²) in [4.78, 5) is 1.59. The number of fused-ring (bicyclic) bond motifs is 1. The molecule has 1 saturated heterocycles. The summed E-state index contributed by atoms with van der Waals surface area (Å²) in [5, 5.41) is 4.89. The second-order valence-corrected chi connectivity index (χ2v) is 8.09. The number of halogens is 1. The normalized spacial score (nSPS) is 16.1. The number of rotatable bonds is 3. The fraction of sp³-hybridized carbons (Fsp3) is 0.500. The van der Waals surface area contributed by atoms with Crippen molar-refractivity contribution in [3.8, 4) is 0 Å². The van der Waals surface area contributed by atoms with Crippen molar-refractivity contribution in [3.63, 3.8) is 0 Å². The van der Waals surface area contributed by atoms with Gasteiger partial charge in [-0.1, -0.05) is 19.1 Å². The third-order valence-corrected chi connectivity index (χ3v) is 5.44. The number of nitrogens with one attached hydrogen (secondary N) is 1. The lowest BCUT2D eigenvalue weighted by Crippen LogP contribution is -2.26. The molecular weight excluding hydrogens is 337 g/mol. The SMILES string of the molecule is CCc1ccc2sc(C3CCNCC3)cc2c1.O=S(=O)(O)CF. The van der Waals surface area contributed by atoms with Crippen molar-refractivity contribution < 1.29 is 17.4 Å². The topological polar surface area (TPSA) is 66.4 Å². The molecule has 2 heterocycles. The van der Waals surface area contributed by atoms with Crippen molar-refractivity contribution >= 4 is 31.5 Å². The lowest BCUT2D eigenvalue weighted by molar-refractivity contribution is 0.447. The van der Waals surface area contributed by atoms with E-state index in [2.05, 4.69) is 36.5 Å². The molecule has 7 heteroatoms. The molecule has 1 aliphatic heterocycles. The zero-order valence-electron chi connectivity index (χ0n) is 13.1. The molecule has 1 aromatic carbocycles. The van der Waals surface area contributed by atoms with Crippen molar-refractivity contribution in [3.05, 3.63) is 34.7 Å². The molecule has 0 unspecified atom stereocenters. The average molecular weight is 359 g/mol. The molecular formula is C16H22FNO3S2. The molecule has 1 aromatic heterocycles. The minimum Gasteiger partial charge on any atom is -0.317 e. The molecule has 1 fully saturated rings. The lowest BCUT2D eigenvalue weighted by Gasteiger charge is -2.21. The van der Waals surface area contributed by atoms with Gasteiger partial charge >= 0.3 is 0 Å². The Hall–Kier alpha value is -1.02. The third-order valence-electron chi connectivity index (χ3n) is 3.89. The van der Waals surface area contributed by atoms with Gasteiger partial charge in [-0.3, -0.25) is 4.55 Å². The number of piperidine rings is 1. The molecule has 3 rings (SSSR count). The third kappa shape index (κ3) is 5.53. The van der Waals surface area contributed by atoms with Crippen molar-refractivity contribution in [2.45, 2.75) is 32.1 Å². The summed E-state index contributed by atoms with van der Waals surface area (Å²) in [6, 6.07) is 7.65. The number of thiophene rings is 1. The smallest absolute Gasteiger partial charge is 0.294 e. The predicted octanol–water partition coefficient (Wildman–Crippen LogP) is 3.73. The van der Waals surface area contributed by atoms with Gasteiger partial charge in [0.2, 0.25) is 6.01 Å². The van der Waals surface area contributed by atoms with E-state index in [0.29, 0.717) is 0 Å². The first-order chi connectivity index (χ1) is 10.9. The van der Waals surface area contributed by atoms with Crippen LogP contribution in [0.15, 0.2) is 24.3 Å². The van der Waals surface area contributed by atoms with Crippen LogP contribution in [0.5, 0.6) is 0 Å². The molecule has 0 spiro atoms. The minimum absolute atomic E-state index is 0.790. The number of alkyl halides is 1. The van der Waals surface area contributed by atoms with Crippen molar-refractivity contribution in [1.82, 2.24) is 5.32 Å². The predicted molar refractivity (Wildman–Crippen MR) is 93.6 cm³/mol. The van der Waals surface area contributed by atoms with Crippen LogP contribution in [-0.4, -0.2) is 32.1 Å². The molecule has 0 aliphatic carbocycles. The fourth-order valence-electron chi connectivity index (χ4n) is 2.64. The summed E-state index contributed by atoms with van der Waals surface area (Å²) in [5.41, 5.74) is 1.45. The first-order valence-corrected chi connectivity index (χ1v) is 10.1. The quantitative estimate of drug-likeness (QED) is 0.820. The Bertz CT molecular complexity index is 737. The largest absolute Gasteiger partial charge is 0.317 e. The van der Waals surface area contributed by atoms with E-state index in [0.717, 1.165) is 12.3 Å². The number of hydrogen-bond donors (Lipinski definition) is 2. The van der Waals surface area contributed by atoms with E-state index >= 15 is 0 Å². The van der Waals surface area contributed by atoms with Crippen molar-refractivity contribution in [1.29, 1.82) is 0 Å². The summed E-state index contributed by atoms with van der Waals surface area (Å²) in [7, 11) is -4.33. The van der Waals surface area contributed by atoms with Crippen LogP contribution < -0.4 is 5.32 Å². The Morgan fingerprint density at radius 1 is 1.30 bits per heavy atom. The highest BCUT2D eigenvalue weighted by molar-refractivity contribution is 7.85. The van der Waals surface area contributed by atoms with E-state index in [9.17, 15) is 12.8 Å². The van der Waals surface area contributed by atoms with Gasteiger partial charge in [-0.2, -0.15) is 8.42 Å². The number of aryl methyl sites for hydroxylation is 1. The summed E-state index contributed by atoms with van der Waals surface area (Å²) in [5.74, 6) is 0.790. The molecule has 2 aromatic rings.